The van der Waals surface area contributed by atoms with E-state index in [2.05, 4.69) is 5.32 Å². The Morgan fingerprint density at radius 2 is 1.38 bits per heavy atom. The van der Waals surface area contributed by atoms with Gasteiger partial charge in [-0.15, -0.1) is 0 Å². The highest BCUT2D eigenvalue weighted by molar-refractivity contribution is 6.42. The minimum atomic E-state index is -6.21. The molecule has 0 fully saturated rings. The molecule has 0 aliphatic rings. The molecule has 0 radical (unpaired) electrons. The van der Waals surface area contributed by atoms with E-state index in [1.54, 1.807) is 18.2 Å². The second-order valence-electron chi connectivity index (χ2n) is 5.99. The average Bonchev–Trinajstić information content (AvgIpc) is 2.62. The van der Waals surface area contributed by atoms with Crippen molar-refractivity contribution in [2.75, 3.05) is 6.54 Å². The molecule has 0 bridgehead atoms. The molecule has 0 saturated carbocycles. The zero-order valence-corrected chi connectivity index (χ0v) is 15.8. The van der Waals surface area contributed by atoms with Crippen molar-refractivity contribution in [2.45, 2.75) is 24.4 Å². The topological polar surface area (TPSA) is 29.1 Å². The quantitative estimate of drug-likeness (QED) is 0.523. The molecule has 0 atom stereocenters. The second-order valence-corrected chi connectivity index (χ2v) is 6.80. The van der Waals surface area contributed by atoms with E-state index in [4.69, 9.17) is 23.2 Å². The van der Waals surface area contributed by atoms with Gasteiger partial charge in [0.2, 0.25) is 0 Å². The van der Waals surface area contributed by atoms with Gasteiger partial charge in [-0.25, -0.2) is 4.39 Å². The molecule has 0 aromatic heterocycles. The van der Waals surface area contributed by atoms with Crippen LogP contribution in [0.5, 0.6) is 0 Å². The first kappa shape index (κ1) is 23.3. The summed E-state index contributed by atoms with van der Waals surface area (Å²) in [5.41, 5.74) is -6.69. The van der Waals surface area contributed by atoms with Gasteiger partial charge < -0.3 is 5.32 Å². The van der Waals surface area contributed by atoms with Gasteiger partial charge in [0, 0.05) is 17.7 Å². The number of alkyl halides is 7. The number of rotatable bonds is 5. The molecule has 2 aromatic carbocycles. The highest BCUT2D eigenvalue weighted by Gasteiger charge is 2.73. The van der Waals surface area contributed by atoms with Crippen LogP contribution < -0.4 is 5.32 Å². The molecule has 2 nitrogen and oxygen atoms in total. The molecule has 1 N–H and O–H groups in total. The van der Waals surface area contributed by atoms with Crippen molar-refractivity contribution in [3.63, 3.8) is 0 Å². The van der Waals surface area contributed by atoms with Gasteiger partial charge >= 0.3 is 18.0 Å². The number of halogens is 9. The van der Waals surface area contributed by atoms with Gasteiger partial charge in [-0.1, -0.05) is 41.4 Å². The van der Waals surface area contributed by atoms with Crippen LogP contribution in [-0.4, -0.2) is 24.8 Å². The predicted molar refractivity (Wildman–Crippen MR) is 93.8 cm³/mol. The number of nitrogens with one attached hydrogen (secondary N) is 1. The Hall–Kier alpha value is -2.00. The standard InChI is InChI=1S/C18H12Cl2F7NO/c19-13-6-1-10(9-14(13)20)7-8-28-15(29)11-2-4-12(5-3-11)16(21,17(22,23)24)18(25,26)27/h1-6,9H,7-8H2,(H,28,29). The molecule has 1 amide bonds. The van der Waals surface area contributed by atoms with E-state index in [0.717, 1.165) is 5.56 Å². The summed E-state index contributed by atoms with van der Waals surface area (Å²) in [5, 5.41) is 3.11. The smallest absolute Gasteiger partial charge is 0.352 e. The van der Waals surface area contributed by atoms with Crippen LogP contribution in [0.4, 0.5) is 30.7 Å². The molecule has 0 saturated heterocycles. The first-order valence-electron chi connectivity index (χ1n) is 7.92. The highest BCUT2D eigenvalue weighted by Crippen LogP contribution is 2.53. The van der Waals surface area contributed by atoms with Crippen molar-refractivity contribution < 1.29 is 35.5 Å². The zero-order chi connectivity index (χ0) is 22.0. The minimum Gasteiger partial charge on any atom is -0.352 e. The highest BCUT2D eigenvalue weighted by atomic mass is 35.5. The number of hydrogen-bond acceptors (Lipinski definition) is 1. The maximum atomic E-state index is 14.0. The molecular weight excluding hydrogens is 450 g/mol. The van der Waals surface area contributed by atoms with E-state index >= 15 is 0 Å². The lowest BCUT2D eigenvalue weighted by atomic mass is 9.93. The van der Waals surface area contributed by atoms with Crippen molar-refractivity contribution in [1.29, 1.82) is 0 Å². The number of amides is 1. The monoisotopic (exact) mass is 461 g/mol. The largest absolute Gasteiger partial charge is 0.435 e. The molecule has 0 aliphatic heterocycles. The Labute approximate surface area is 170 Å². The third-order valence-electron chi connectivity index (χ3n) is 4.01. The van der Waals surface area contributed by atoms with Crippen molar-refractivity contribution in [1.82, 2.24) is 5.32 Å². The molecule has 158 valence electrons. The van der Waals surface area contributed by atoms with Gasteiger partial charge in [-0.05, 0) is 36.2 Å². The fraction of sp³-hybridized carbons (Fsp3) is 0.278. The van der Waals surface area contributed by atoms with Crippen molar-refractivity contribution in [3.05, 3.63) is 69.2 Å². The average molecular weight is 462 g/mol. The fourth-order valence-electron chi connectivity index (χ4n) is 2.46. The van der Waals surface area contributed by atoms with E-state index in [9.17, 15) is 35.5 Å². The Bertz CT molecular complexity index is 865. The maximum absolute atomic E-state index is 14.0. The van der Waals surface area contributed by atoms with E-state index in [1.807, 2.05) is 0 Å². The zero-order valence-electron chi connectivity index (χ0n) is 14.3. The lowest BCUT2D eigenvalue weighted by Crippen LogP contribution is -2.50. The molecule has 0 heterocycles. The summed E-state index contributed by atoms with van der Waals surface area (Å²) in [4.78, 5) is 12.0. The van der Waals surface area contributed by atoms with Crippen molar-refractivity contribution >= 4 is 29.1 Å². The fourth-order valence-corrected chi connectivity index (χ4v) is 2.78. The molecule has 2 rings (SSSR count). The molecule has 0 aliphatic carbocycles. The summed E-state index contributed by atoms with van der Waals surface area (Å²) in [7, 11) is 0. The van der Waals surface area contributed by atoms with Crippen LogP contribution in [0.3, 0.4) is 0 Å². The Kier molecular flexibility index (Phi) is 6.74. The molecule has 2 aromatic rings. The molecule has 0 unspecified atom stereocenters. The lowest BCUT2D eigenvalue weighted by Gasteiger charge is -2.30. The van der Waals surface area contributed by atoms with E-state index in [0.29, 0.717) is 28.6 Å². The van der Waals surface area contributed by atoms with E-state index in [-0.39, 0.29) is 24.2 Å². The number of hydrogen-bond donors (Lipinski definition) is 1. The number of carbonyl (C=O) groups excluding carboxylic acids is 1. The van der Waals surface area contributed by atoms with Crippen molar-refractivity contribution in [3.8, 4) is 0 Å². The number of benzene rings is 2. The lowest BCUT2D eigenvalue weighted by molar-refractivity contribution is -0.348. The third kappa shape index (κ3) is 4.95. The van der Waals surface area contributed by atoms with E-state index in [1.165, 1.54) is 0 Å². The first-order valence-corrected chi connectivity index (χ1v) is 8.68. The van der Waals surface area contributed by atoms with Crippen LogP contribution in [0.2, 0.25) is 10.0 Å². The van der Waals surface area contributed by atoms with Crippen molar-refractivity contribution in [2.24, 2.45) is 0 Å². The summed E-state index contributed by atoms with van der Waals surface area (Å²) in [5.74, 6) is -0.750. The molecule has 11 heteroatoms. The second kappa shape index (κ2) is 8.39. The summed E-state index contributed by atoms with van der Waals surface area (Å²) in [6.45, 7) is 0.108. The minimum absolute atomic E-state index is 0.108. The summed E-state index contributed by atoms with van der Waals surface area (Å²) in [6, 6.07) is 6.77. The van der Waals surface area contributed by atoms with Crippen LogP contribution in [0.25, 0.3) is 0 Å². The summed E-state index contributed by atoms with van der Waals surface area (Å²) < 4.78 is 90.4. The molecule has 0 spiro atoms. The summed E-state index contributed by atoms with van der Waals surface area (Å²) >= 11 is 11.6. The van der Waals surface area contributed by atoms with Gasteiger partial charge in [0.05, 0.1) is 10.0 Å². The van der Waals surface area contributed by atoms with Crippen LogP contribution in [0.1, 0.15) is 21.5 Å². The molecule has 29 heavy (non-hydrogen) atoms. The van der Waals surface area contributed by atoms with Gasteiger partial charge in [-0.3, -0.25) is 4.79 Å². The Balaban J connectivity index is 2.09. The van der Waals surface area contributed by atoms with Crippen LogP contribution in [0, 0.1) is 0 Å². The van der Waals surface area contributed by atoms with Crippen LogP contribution in [0.15, 0.2) is 42.5 Å². The number of carbonyl (C=O) groups is 1. The summed E-state index contributed by atoms with van der Waals surface area (Å²) in [6.07, 6.45) is -12.1. The van der Waals surface area contributed by atoms with Gasteiger partial charge in [0.25, 0.3) is 5.91 Å². The van der Waals surface area contributed by atoms with Gasteiger partial charge in [0.1, 0.15) is 0 Å². The Morgan fingerprint density at radius 1 is 0.828 bits per heavy atom. The molecular formula is C18H12Cl2F7NO. The SMILES string of the molecule is O=C(NCCc1ccc(Cl)c(Cl)c1)c1ccc(C(F)(C(F)(F)F)C(F)(F)F)cc1. The maximum Gasteiger partial charge on any atom is 0.435 e. The normalized spacial score (nSPS) is 12.7. The van der Waals surface area contributed by atoms with E-state index < -0.39 is 29.5 Å². The Morgan fingerprint density at radius 3 is 1.86 bits per heavy atom. The first-order chi connectivity index (χ1) is 13.3. The van der Waals surface area contributed by atoms with Crippen LogP contribution in [-0.2, 0) is 12.1 Å². The van der Waals surface area contributed by atoms with Gasteiger partial charge in [0.15, 0.2) is 0 Å². The van der Waals surface area contributed by atoms with Gasteiger partial charge in [-0.2, -0.15) is 26.3 Å². The van der Waals surface area contributed by atoms with Crippen LogP contribution >= 0.6 is 23.2 Å². The predicted octanol–water partition coefficient (Wildman–Crippen LogP) is 6.26. The third-order valence-corrected chi connectivity index (χ3v) is 4.75.